The molecule has 0 bridgehead atoms. The number of aliphatic carboxylic acids is 1. The standard InChI is InChI=1S/C13H13ClF2O4/c1-2-20-12(19)13(11(17)18,7-10(15)16)8-5-3-4-6-9(8)14/h3-6,10H,2,7H2,1H3,(H,17,18). The van der Waals surface area contributed by atoms with Gasteiger partial charge in [-0.15, -0.1) is 0 Å². The Morgan fingerprint density at radius 1 is 1.40 bits per heavy atom. The van der Waals surface area contributed by atoms with Crippen LogP contribution in [0.2, 0.25) is 5.02 Å². The monoisotopic (exact) mass is 306 g/mol. The molecule has 0 heterocycles. The van der Waals surface area contributed by atoms with Crippen LogP contribution in [-0.2, 0) is 19.7 Å². The van der Waals surface area contributed by atoms with E-state index in [4.69, 9.17) is 11.6 Å². The molecule has 7 heteroatoms. The molecule has 1 rings (SSSR count). The molecule has 0 aliphatic carbocycles. The van der Waals surface area contributed by atoms with E-state index in [-0.39, 0.29) is 17.2 Å². The van der Waals surface area contributed by atoms with Crippen molar-refractivity contribution in [3.05, 3.63) is 34.9 Å². The SMILES string of the molecule is CCOC(=O)C(CC(F)F)(C(=O)O)c1ccccc1Cl. The fourth-order valence-corrected chi connectivity index (χ4v) is 2.18. The van der Waals surface area contributed by atoms with Gasteiger partial charge in [0.15, 0.2) is 5.41 Å². The molecule has 1 unspecified atom stereocenters. The Hall–Kier alpha value is -1.69. The summed E-state index contributed by atoms with van der Waals surface area (Å²) in [5.41, 5.74) is -2.71. The quantitative estimate of drug-likeness (QED) is 0.648. The smallest absolute Gasteiger partial charge is 0.328 e. The van der Waals surface area contributed by atoms with Gasteiger partial charge in [0.25, 0.3) is 0 Å². The lowest BCUT2D eigenvalue weighted by molar-refractivity contribution is -0.164. The molecular formula is C13H13ClF2O4. The van der Waals surface area contributed by atoms with E-state index in [2.05, 4.69) is 4.74 Å². The molecule has 1 atom stereocenters. The molecule has 0 saturated carbocycles. The summed E-state index contributed by atoms with van der Waals surface area (Å²) < 4.78 is 30.3. The van der Waals surface area contributed by atoms with Crippen LogP contribution in [0.1, 0.15) is 18.9 Å². The number of halogens is 3. The summed E-state index contributed by atoms with van der Waals surface area (Å²) in [5, 5.41) is 9.27. The highest BCUT2D eigenvalue weighted by molar-refractivity contribution is 6.32. The Morgan fingerprint density at radius 2 is 2.00 bits per heavy atom. The second kappa shape index (κ2) is 6.65. The third-order valence-corrected chi connectivity index (χ3v) is 3.11. The van der Waals surface area contributed by atoms with Gasteiger partial charge in [-0.2, -0.15) is 0 Å². The van der Waals surface area contributed by atoms with Crippen LogP contribution < -0.4 is 0 Å². The fraction of sp³-hybridized carbons (Fsp3) is 0.385. The molecule has 0 fully saturated rings. The van der Waals surface area contributed by atoms with Crippen LogP contribution in [0.4, 0.5) is 8.78 Å². The van der Waals surface area contributed by atoms with Crippen LogP contribution in [0.25, 0.3) is 0 Å². The average Bonchev–Trinajstić information content (AvgIpc) is 2.36. The normalized spacial score (nSPS) is 13.8. The van der Waals surface area contributed by atoms with Crippen LogP contribution in [0.3, 0.4) is 0 Å². The number of ether oxygens (including phenoxy) is 1. The van der Waals surface area contributed by atoms with Crippen molar-refractivity contribution in [1.82, 2.24) is 0 Å². The molecule has 0 amide bonds. The van der Waals surface area contributed by atoms with Crippen LogP contribution in [0, 0.1) is 0 Å². The molecule has 20 heavy (non-hydrogen) atoms. The molecule has 1 aromatic rings. The van der Waals surface area contributed by atoms with E-state index in [9.17, 15) is 23.5 Å². The Morgan fingerprint density at radius 3 is 2.45 bits per heavy atom. The van der Waals surface area contributed by atoms with E-state index in [0.717, 1.165) is 0 Å². The first kappa shape index (κ1) is 16.4. The molecule has 0 saturated heterocycles. The minimum absolute atomic E-state index is 0.0800. The zero-order valence-corrected chi connectivity index (χ0v) is 11.4. The van der Waals surface area contributed by atoms with Gasteiger partial charge >= 0.3 is 11.9 Å². The maximum Gasteiger partial charge on any atom is 0.328 e. The van der Waals surface area contributed by atoms with E-state index in [0.29, 0.717) is 0 Å². The van der Waals surface area contributed by atoms with Gasteiger partial charge in [-0.25, -0.2) is 8.78 Å². The predicted octanol–water partition coefficient (Wildman–Crippen LogP) is 2.88. The molecule has 0 aliphatic rings. The van der Waals surface area contributed by atoms with Crippen LogP contribution in [-0.4, -0.2) is 30.1 Å². The highest BCUT2D eigenvalue weighted by Gasteiger charge is 2.52. The van der Waals surface area contributed by atoms with E-state index >= 15 is 0 Å². The maximum absolute atomic E-state index is 12.8. The van der Waals surface area contributed by atoms with E-state index in [1.54, 1.807) is 0 Å². The lowest BCUT2D eigenvalue weighted by Crippen LogP contribution is -2.46. The number of carboxylic acids is 1. The van der Waals surface area contributed by atoms with E-state index in [1.807, 2.05) is 0 Å². The topological polar surface area (TPSA) is 63.6 Å². The largest absolute Gasteiger partial charge is 0.480 e. The van der Waals surface area contributed by atoms with Gasteiger partial charge in [0, 0.05) is 11.4 Å². The minimum Gasteiger partial charge on any atom is -0.480 e. The van der Waals surface area contributed by atoms with Crippen LogP contribution in [0.5, 0.6) is 0 Å². The Balaban J connectivity index is 3.49. The van der Waals surface area contributed by atoms with Crippen molar-refractivity contribution in [2.75, 3.05) is 6.61 Å². The Labute approximate surface area is 119 Å². The van der Waals surface area contributed by atoms with Crippen molar-refractivity contribution < 1.29 is 28.2 Å². The fourth-order valence-electron chi connectivity index (χ4n) is 1.89. The van der Waals surface area contributed by atoms with Gasteiger partial charge in [0.2, 0.25) is 6.43 Å². The van der Waals surface area contributed by atoms with Gasteiger partial charge < -0.3 is 9.84 Å². The van der Waals surface area contributed by atoms with E-state index < -0.39 is 30.2 Å². The number of esters is 1. The molecular weight excluding hydrogens is 294 g/mol. The molecule has 0 radical (unpaired) electrons. The Kier molecular flexibility index (Phi) is 5.44. The number of carbonyl (C=O) groups excluding carboxylic acids is 1. The highest BCUT2D eigenvalue weighted by atomic mass is 35.5. The second-order valence-corrected chi connectivity index (χ2v) is 4.41. The summed E-state index contributed by atoms with van der Waals surface area (Å²) in [6, 6.07) is 5.49. The van der Waals surface area contributed by atoms with Crippen molar-refractivity contribution >= 4 is 23.5 Å². The first-order valence-electron chi connectivity index (χ1n) is 5.80. The molecule has 1 aromatic carbocycles. The molecule has 0 aliphatic heterocycles. The zero-order chi connectivity index (χ0) is 15.3. The summed E-state index contributed by atoms with van der Waals surface area (Å²) in [7, 11) is 0. The predicted molar refractivity (Wildman–Crippen MR) is 68.0 cm³/mol. The summed E-state index contributed by atoms with van der Waals surface area (Å²) in [6.45, 7) is 1.33. The third kappa shape index (κ3) is 3.07. The van der Waals surface area contributed by atoms with E-state index in [1.165, 1.54) is 31.2 Å². The molecule has 0 spiro atoms. The first-order valence-corrected chi connectivity index (χ1v) is 6.17. The number of rotatable bonds is 6. The third-order valence-electron chi connectivity index (χ3n) is 2.78. The van der Waals surface area contributed by atoms with Crippen molar-refractivity contribution in [2.24, 2.45) is 0 Å². The highest BCUT2D eigenvalue weighted by Crippen LogP contribution is 2.37. The average molecular weight is 307 g/mol. The van der Waals surface area contributed by atoms with Gasteiger partial charge in [0.1, 0.15) is 0 Å². The lowest BCUT2D eigenvalue weighted by atomic mass is 9.77. The molecule has 1 N–H and O–H groups in total. The molecule has 0 aromatic heterocycles. The number of hydrogen-bond acceptors (Lipinski definition) is 3. The zero-order valence-electron chi connectivity index (χ0n) is 10.6. The second-order valence-electron chi connectivity index (χ2n) is 4.01. The summed E-state index contributed by atoms with van der Waals surface area (Å²) in [5.74, 6) is -2.97. The number of carboxylic acid groups (broad SMARTS) is 1. The first-order chi connectivity index (χ1) is 9.36. The van der Waals surface area contributed by atoms with Gasteiger partial charge in [-0.1, -0.05) is 29.8 Å². The number of alkyl halides is 2. The number of benzene rings is 1. The van der Waals surface area contributed by atoms with Crippen molar-refractivity contribution in [1.29, 1.82) is 0 Å². The molecule has 4 nitrogen and oxygen atoms in total. The van der Waals surface area contributed by atoms with Crippen LogP contribution in [0.15, 0.2) is 24.3 Å². The van der Waals surface area contributed by atoms with Crippen LogP contribution >= 0.6 is 11.6 Å². The molecule has 110 valence electrons. The van der Waals surface area contributed by atoms with Crippen molar-refractivity contribution in [2.45, 2.75) is 25.2 Å². The maximum atomic E-state index is 12.8. The van der Waals surface area contributed by atoms with Crippen molar-refractivity contribution in [3.63, 3.8) is 0 Å². The number of carbonyl (C=O) groups is 2. The summed E-state index contributed by atoms with van der Waals surface area (Å²) in [6.07, 6.45) is -4.21. The van der Waals surface area contributed by atoms with Crippen molar-refractivity contribution in [3.8, 4) is 0 Å². The summed E-state index contributed by atoms with van der Waals surface area (Å²) in [4.78, 5) is 23.5. The lowest BCUT2D eigenvalue weighted by Gasteiger charge is -2.28. The van der Waals surface area contributed by atoms with Gasteiger partial charge in [0.05, 0.1) is 6.61 Å². The van der Waals surface area contributed by atoms with Gasteiger partial charge in [-0.3, -0.25) is 9.59 Å². The summed E-state index contributed by atoms with van der Waals surface area (Å²) >= 11 is 5.86. The minimum atomic E-state index is -3.01. The van der Waals surface area contributed by atoms with Gasteiger partial charge in [-0.05, 0) is 18.6 Å². The number of hydrogen-bond donors (Lipinski definition) is 1. The Bertz CT molecular complexity index is 507.